The standard InChI is InChI=1S/C49H30N4S/c1-2-15-33(38-20-13-26-46-48(38)50-49-53(46)45-25-11-12-27-47(45)54-49)32(14-1)34-16-3-9-23-42(34)52-43-24-10-6-19-37(43)39-30-31(28-29-44(39)52)51-40-21-7-4-17-35(40)36-18-5-8-22-41(36)51/h1-30H. The van der Waals surface area contributed by atoms with E-state index in [1.165, 1.54) is 70.5 Å². The molecule has 4 heterocycles. The van der Waals surface area contributed by atoms with Crippen molar-refractivity contribution in [3.8, 4) is 33.6 Å². The van der Waals surface area contributed by atoms with Crippen molar-refractivity contribution in [1.29, 1.82) is 0 Å². The SMILES string of the molecule is c1ccc(-c2cccc3c2nc2sc4ccccc4n23)c(-c2ccccc2-n2c3ccccc3c3cc(-n4c5ccccc5c5ccccc54)ccc32)c1. The Hall–Kier alpha value is -6.95. The van der Waals surface area contributed by atoms with Gasteiger partial charge in [-0.05, 0) is 71.8 Å². The molecule has 0 unspecified atom stereocenters. The van der Waals surface area contributed by atoms with E-state index in [0.29, 0.717) is 0 Å². The molecule has 0 saturated heterocycles. The molecule has 12 aromatic rings. The first-order valence-corrected chi connectivity index (χ1v) is 19.1. The van der Waals surface area contributed by atoms with Gasteiger partial charge in [-0.25, -0.2) is 4.98 Å². The van der Waals surface area contributed by atoms with Crippen LogP contribution in [0.4, 0.5) is 0 Å². The van der Waals surface area contributed by atoms with E-state index in [1.807, 2.05) is 0 Å². The summed E-state index contributed by atoms with van der Waals surface area (Å²) < 4.78 is 8.41. The number of hydrogen-bond donors (Lipinski definition) is 0. The molecule has 0 amide bonds. The maximum absolute atomic E-state index is 5.26. The van der Waals surface area contributed by atoms with E-state index in [9.17, 15) is 0 Å². The number of rotatable bonds is 4. The van der Waals surface area contributed by atoms with Crippen LogP contribution < -0.4 is 0 Å². The number of benzene rings is 8. The second-order valence-electron chi connectivity index (χ2n) is 14.0. The van der Waals surface area contributed by atoms with Crippen LogP contribution >= 0.6 is 11.3 Å². The number of nitrogens with zero attached hydrogens (tertiary/aromatic N) is 4. The Bertz CT molecular complexity index is 3410. The van der Waals surface area contributed by atoms with E-state index >= 15 is 0 Å². The molecule has 0 N–H and O–H groups in total. The first-order chi connectivity index (χ1) is 26.8. The van der Waals surface area contributed by atoms with Crippen LogP contribution in [0.25, 0.3) is 103 Å². The third-order valence-corrected chi connectivity index (χ3v) is 12.1. The third-order valence-electron chi connectivity index (χ3n) is 11.1. The van der Waals surface area contributed by atoms with Crippen LogP contribution in [0, 0.1) is 0 Å². The normalized spacial score (nSPS) is 12.1. The summed E-state index contributed by atoms with van der Waals surface area (Å²) in [5.74, 6) is 0. The summed E-state index contributed by atoms with van der Waals surface area (Å²) in [4.78, 5) is 6.27. The molecule has 0 radical (unpaired) electrons. The Balaban J connectivity index is 1.08. The fraction of sp³-hybridized carbons (Fsp3) is 0. The van der Waals surface area contributed by atoms with Crippen molar-refractivity contribution in [1.82, 2.24) is 18.5 Å². The van der Waals surface area contributed by atoms with Gasteiger partial charge in [0.05, 0.1) is 49.0 Å². The van der Waals surface area contributed by atoms with E-state index in [4.69, 9.17) is 4.98 Å². The van der Waals surface area contributed by atoms with Crippen LogP contribution in [0.5, 0.6) is 0 Å². The number of thiazole rings is 1. The molecule has 0 atom stereocenters. The second kappa shape index (κ2) is 11.3. The van der Waals surface area contributed by atoms with Gasteiger partial charge < -0.3 is 9.13 Å². The lowest BCUT2D eigenvalue weighted by molar-refractivity contribution is 1.17. The Morgan fingerprint density at radius 1 is 0.370 bits per heavy atom. The summed E-state index contributed by atoms with van der Waals surface area (Å²) in [5.41, 5.74) is 15.1. The smallest absolute Gasteiger partial charge is 0.195 e. The molecule has 4 aromatic heterocycles. The average molecular weight is 707 g/mol. The highest BCUT2D eigenvalue weighted by Crippen LogP contribution is 2.43. The zero-order chi connectivity index (χ0) is 35.3. The van der Waals surface area contributed by atoms with Gasteiger partial charge in [0, 0.05) is 38.4 Å². The van der Waals surface area contributed by atoms with E-state index in [1.54, 1.807) is 11.3 Å². The highest BCUT2D eigenvalue weighted by atomic mass is 32.1. The van der Waals surface area contributed by atoms with Crippen LogP contribution in [0.2, 0.25) is 0 Å². The highest BCUT2D eigenvalue weighted by molar-refractivity contribution is 7.23. The van der Waals surface area contributed by atoms with Crippen molar-refractivity contribution in [2.45, 2.75) is 0 Å². The predicted molar refractivity (Wildman–Crippen MR) is 228 cm³/mol. The molecular weight excluding hydrogens is 677 g/mol. The minimum Gasteiger partial charge on any atom is -0.309 e. The van der Waals surface area contributed by atoms with Crippen molar-refractivity contribution in [2.24, 2.45) is 0 Å². The maximum atomic E-state index is 5.26. The Morgan fingerprint density at radius 3 is 1.63 bits per heavy atom. The van der Waals surface area contributed by atoms with Crippen molar-refractivity contribution in [3.05, 3.63) is 182 Å². The molecular formula is C49H30N4S. The molecule has 0 aliphatic carbocycles. The summed E-state index contributed by atoms with van der Waals surface area (Å²) in [6, 6.07) is 66.0. The number of imidazole rings is 1. The van der Waals surface area contributed by atoms with Gasteiger partial charge in [0.25, 0.3) is 0 Å². The Labute approximate surface area is 314 Å². The molecule has 252 valence electrons. The first kappa shape index (κ1) is 29.6. The quantitative estimate of drug-likeness (QED) is 0.179. The number of para-hydroxylation sites is 6. The summed E-state index contributed by atoms with van der Waals surface area (Å²) in [7, 11) is 0. The predicted octanol–water partition coefficient (Wildman–Crippen LogP) is 13.2. The number of fused-ring (bicyclic) bond motifs is 11. The van der Waals surface area contributed by atoms with Gasteiger partial charge in [-0.1, -0.05) is 133 Å². The van der Waals surface area contributed by atoms with Gasteiger partial charge in [0.2, 0.25) is 0 Å². The molecule has 0 fully saturated rings. The summed E-state index contributed by atoms with van der Waals surface area (Å²) in [5, 5.41) is 4.99. The molecule has 0 bridgehead atoms. The molecule has 0 saturated carbocycles. The molecule has 8 aromatic carbocycles. The van der Waals surface area contributed by atoms with Crippen molar-refractivity contribution in [2.75, 3.05) is 0 Å². The molecule has 0 spiro atoms. The van der Waals surface area contributed by atoms with E-state index in [2.05, 4.69) is 196 Å². The molecule has 12 rings (SSSR count). The molecule has 0 aliphatic heterocycles. The van der Waals surface area contributed by atoms with Crippen molar-refractivity contribution in [3.63, 3.8) is 0 Å². The topological polar surface area (TPSA) is 27.2 Å². The fourth-order valence-electron chi connectivity index (χ4n) is 8.83. The van der Waals surface area contributed by atoms with Crippen LogP contribution in [-0.4, -0.2) is 18.5 Å². The van der Waals surface area contributed by atoms with Crippen LogP contribution in [0.3, 0.4) is 0 Å². The Morgan fingerprint density at radius 2 is 0.889 bits per heavy atom. The fourth-order valence-corrected chi connectivity index (χ4v) is 9.86. The lowest BCUT2D eigenvalue weighted by Crippen LogP contribution is -1.99. The number of aromatic nitrogens is 4. The lowest BCUT2D eigenvalue weighted by atomic mass is 9.93. The van der Waals surface area contributed by atoms with E-state index in [0.717, 1.165) is 32.9 Å². The van der Waals surface area contributed by atoms with Crippen LogP contribution in [0.1, 0.15) is 0 Å². The lowest BCUT2D eigenvalue weighted by Gasteiger charge is -2.17. The summed E-state index contributed by atoms with van der Waals surface area (Å²) >= 11 is 1.74. The monoisotopic (exact) mass is 706 g/mol. The van der Waals surface area contributed by atoms with Gasteiger partial charge in [-0.2, -0.15) is 0 Å². The minimum atomic E-state index is 1.02. The maximum Gasteiger partial charge on any atom is 0.195 e. The van der Waals surface area contributed by atoms with Crippen LogP contribution in [-0.2, 0) is 0 Å². The van der Waals surface area contributed by atoms with Crippen molar-refractivity contribution < 1.29 is 0 Å². The zero-order valence-corrected chi connectivity index (χ0v) is 29.8. The minimum absolute atomic E-state index is 1.02. The molecule has 4 nitrogen and oxygen atoms in total. The average Bonchev–Trinajstić information content (AvgIpc) is 3.97. The highest BCUT2D eigenvalue weighted by Gasteiger charge is 2.21. The van der Waals surface area contributed by atoms with E-state index < -0.39 is 0 Å². The molecule has 0 aliphatic rings. The first-order valence-electron chi connectivity index (χ1n) is 18.3. The third kappa shape index (κ3) is 4.10. The van der Waals surface area contributed by atoms with Gasteiger partial charge in [0.15, 0.2) is 4.96 Å². The summed E-state index contributed by atoms with van der Waals surface area (Å²) in [6.07, 6.45) is 0. The van der Waals surface area contributed by atoms with Gasteiger partial charge in [-0.15, -0.1) is 0 Å². The largest absolute Gasteiger partial charge is 0.309 e. The second-order valence-corrected chi connectivity index (χ2v) is 15.0. The molecule has 54 heavy (non-hydrogen) atoms. The van der Waals surface area contributed by atoms with Crippen molar-refractivity contribution >= 4 is 81.2 Å². The summed E-state index contributed by atoms with van der Waals surface area (Å²) in [6.45, 7) is 0. The Kier molecular flexibility index (Phi) is 6.18. The van der Waals surface area contributed by atoms with Gasteiger partial charge in [0.1, 0.15) is 0 Å². The number of hydrogen-bond acceptors (Lipinski definition) is 2. The van der Waals surface area contributed by atoms with E-state index in [-0.39, 0.29) is 0 Å². The van der Waals surface area contributed by atoms with Crippen LogP contribution in [0.15, 0.2) is 182 Å². The zero-order valence-electron chi connectivity index (χ0n) is 29.0. The van der Waals surface area contributed by atoms with Gasteiger partial charge in [-0.3, -0.25) is 4.40 Å². The molecule has 5 heteroatoms. The van der Waals surface area contributed by atoms with Gasteiger partial charge >= 0.3 is 0 Å².